The highest BCUT2D eigenvalue weighted by atomic mass is 16.5. The standard InChI is InChI=1S/C76H74N4O/c1-52(2)75(54-28-15-11-16-29-54,55-30-17-12-18-31-55)65-37-27-38-66(76(53(3)4,56-32-19-13-20-33-56)57-34-21-14-22-35-57)72(65)79-51-78(68-40-25-26-41-69(68)79)60-46-59(74(8,9)10)47-62(49-60)81-61-42-43-64-63-36-23-24-39-67(63)80(70(64)50-61)71-48-58(44-45-77-71)73(5,6)7/h11-50,52-53H,51H2,1-10H3. The highest BCUT2D eigenvalue weighted by Crippen LogP contribution is 2.58. The van der Waals surface area contributed by atoms with Crippen LogP contribution in [-0.2, 0) is 21.7 Å². The molecule has 0 radical (unpaired) electrons. The van der Waals surface area contributed by atoms with Crippen molar-refractivity contribution in [2.45, 2.75) is 90.9 Å². The van der Waals surface area contributed by atoms with Crippen molar-refractivity contribution < 1.29 is 4.74 Å². The first-order chi connectivity index (χ1) is 39.1. The number of fused-ring (bicyclic) bond motifs is 4. The quantitative estimate of drug-likeness (QED) is 0.108. The number of aromatic nitrogens is 2. The lowest BCUT2D eigenvalue weighted by atomic mass is 9.58. The van der Waals surface area contributed by atoms with Crippen LogP contribution in [0.4, 0.5) is 22.7 Å². The fraction of sp³-hybridized carbons (Fsp3) is 0.224. The summed E-state index contributed by atoms with van der Waals surface area (Å²) in [5.74, 6) is 2.71. The number of pyridine rings is 1. The van der Waals surface area contributed by atoms with Gasteiger partial charge in [-0.25, -0.2) is 4.98 Å². The van der Waals surface area contributed by atoms with Crippen LogP contribution in [-0.4, -0.2) is 16.2 Å². The number of anilines is 4. The number of ether oxygens (including phenoxy) is 1. The third-order valence-corrected chi connectivity index (χ3v) is 17.3. The summed E-state index contributed by atoms with van der Waals surface area (Å²) in [7, 11) is 0. The first kappa shape index (κ1) is 53.0. The Labute approximate surface area is 480 Å². The van der Waals surface area contributed by atoms with Crippen molar-refractivity contribution in [2.24, 2.45) is 11.8 Å². The summed E-state index contributed by atoms with van der Waals surface area (Å²) >= 11 is 0. The van der Waals surface area contributed by atoms with Crippen LogP contribution >= 0.6 is 0 Å². The minimum atomic E-state index is -0.572. The van der Waals surface area contributed by atoms with Gasteiger partial charge >= 0.3 is 0 Å². The molecule has 0 fully saturated rings. The third kappa shape index (κ3) is 9.08. The Morgan fingerprint density at radius 1 is 0.395 bits per heavy atom. The summed E-state index contributed by atoms with van der Waals surface area (Å²) in [6, 6.07) is 87.6. The Bertz CT molecular complexity index is 3840. The van der Waals surface area contributed by atoms with Crippen molar-refractivity contribution in [3.05, 3.63) is 287 Å². The molecule has 1 aliphatic heterocycles. The van der Waals surface area contributed by atoms with E-state index in [1.165, 1.54) is 55.6 Å². The minimum absolute atomic E-state index is 0.0367. The van der Waals surface area contributed by atoms with Crippen LogP contribution < -0.4 is 14.5 Å². The molecule has 0 bridgehead atoms. The molecule has 0 atom stereocenters. The lowest BCUT2D eigenvalue weighted by molar-refractivity contribution is 0.426. The molecule has 0 aliphatic carbocycles. The van der Waals surface area contributed by atoms with Crippen molar-refractivity contribution in [3.63, 3.8) is 0 Å². The monoisotopic (exact) mass is 1060 g/mol. The molecular formula is C76H74N4O. The maximum Gasteiger partial charge on any atom is 0.137 e. The molecule has 12 rings (SSSR count). The first-order valence-corrected chi connectivity index (χ1v) is 28.9. The zero-order valence-corrected chi connectivity index (χ0v) is 48.7. The highest BCUT2D eigenvalue weighted by molar-refractivity contribution is 6.09. The molecule has 9 aromatic carbocycles. The minimum Gasteiger partial charge on any atom is -0.457 e. The summed E-state index contributed by atoms with van der Waals surface area (Å²) in [5.41, 5.74) is 15.3. The van der Waals surface area contributed by atoms with E-state index in [1.807, 2.05) is 6.20 Å². The van der Waals surface area contributed by atoms with Gasteiger partial charge in [0.2, 0.25) is 0 Å². The molecule has 1 aliphatic rings. The second-order valence-electron chi connectivity index (χ2n) is 24.8. The molecule has 3 heterocycles. The van der Waals surface area contributed by atoms with Crippen molar-refractivity contribution in [2.75, 3.05) is 16.5 Å². The van der Waals surface area contributed by atoms with Crippen molar-refractivity contribution in [1.29, 1.82) is 0 Å². The Kier molecular flexibility index (Phi) is 13.6. The van der Waals surface area contributed by atoms with E-state index < -0.39 is 10.8 Å². The van der Waals surface area contributed by atoms with E-state index in [2.05, 4.69) is 320 Å². The SMILES string of the molecule is CC(C)C(c1ccccc1)(c1ccccc1)c1cccc(C(c2ccccc2)(c2ccccc2)C(C)C)c1N1CN(c2cc(Oc3ccc4c5ccccc5n(-c5cc(C(C)(C)C)ccn5)c4c3)cc(C(C)(C)C)c2)c2ccccc21. The normalized spacial score (nSPS) is 13.2. The Hall–Kier alpha value is -8.67. The fourth-order valence-corrected chi connectivity index (χ4v) is 13.4. The Morgan fingerprint density at radius 3 is 1.40 bits per heavy atom. The summed E-state index contributed by atoms with van der Waals surface area (Å²) in [6.07, 6.45) is 1.94. The molecule has 11 aromatic rings. The molecule has 0 N–H and O–H groups in total. The van der Waals surface area contributed by atoms with E-state index in [9.17, 15) is 0 Å². The zero-order chi connectivity index (χ0) is 56.3. The van der Waals surface area contributed by atoms with Gasteiger partial charge in [0, 0.05) is 45.6 Å². The maximum atomic E-state index is 7.19. The molecule has 404 valence electrons. The molecule has 2 aromatic heterocycles. The van der Waals surface area contributed by atoms with Crippen LogP contribution in [0.5, 0.6) is 11.5 Å². The zero-order valence-electron chi connectivity index (χ0n) is 48.7. The Morgan fingerprint density at radius 2 is 0.877 bits per heavy atom. The molecule has 5 heteroatoms. The lowest BCUT2D eigenvalue weighted by Gasteiger charge is -2.46. The maximum absolute atomic E-state index is 7.19. The van der Waals surface area contributed by atoms with E-state index in [0.717, 1.165) is 50.8 Å². The average molecular weight is 1060 g/mol. The van der Waals surface area contributed by atoms with Crippen molar-refractivity contribution >= 4 is 44.6 Å². The van der Waals surface area contributed by atoms with E-state index >= 15 is 0 Å². The van der Waals surface area contributed by atoms with Gasteiger partial charge in [-0.1, -0.05) is 239 Å². The number of benzene rings is 9. The summed E-state index contributed by atoms with van der Waals surface area (Å²) in [5, 5.41) is 2.33. The van der Waals surface area contributed by atoms with Crippen molar-refractivity contribution in [1.82, 2.24) is 9.55 Å². The second kappa shape index (κ2) is 20.8. The number of para-hydroxylation sites is 4. The lowest BCUT2D eigenvalue weighted by Crippen LogP contribution is -2.41. The molecule has 81 heavy (non-hydrogen) atoms. The smallest absolute Gasteiger partial charge is 0.137 e. The third-order valence-electron chi connectivity index (χ3n) is 17.3. The van der Waals surface area contributed by atoms with Crippen LogP contribution in [0.1, 0.15) is 114 Å². The van der Waals surface area contributed by atoms with E-state index in [0.29, 0.717) is 6.67 Å². The van der Waals surface area contributed by atoms with Crippen LogP contribution in [0.15, 0.2) is 243 Å². The predicted molar refractivity (Wildman–Crippen MR) is 340 cm³/mol. The number of hydrogen-bond acceptors (Lipinski definition) is 4. The predicted octanol–water partition coefficient (Wildman–Crippen LogP) is 19.8. The fourth-order valence-electron chi connectivity index (χ4n) is 13.4. The van der Waals surface area contributed by atoms with Crippen LogP contribution in [0.2, 0.25) is 0 Å². The highest BCUT2D eigenvalue weighted by Gasteiger charge is 2.48. The van der Waals surface area contributed by atoms with Crippen LogP contribution in [0.25, 0.3) is 27.6 Å². The molecule has 0 saturated heterocycles. The Balaban J connectivity index is 1.07. The van der Waals surface area contributed by atoms with E-state index in [1.54, 1.807) is 0 Å². The summed E-state index contributed by atoms with van der Waals surface area (Å²) in [6.45, 7) is 23.8. The molecule has 0 amide bonds. The van der Waals surface area contributed by atoms with Gasteiger partial charge in [-0.3, -0.25) is 4.57 Å². The number of rotatable bonds is 13. The van der Waals surface area contributed by atoms with Gasteiger partial charge in [0.1, 0.15) is 24.0 Å². The summed E-state index contributed by atoms with van der Waals surface area (Å²) in [4.78, 5) is 10.1. The molecule has 0 saturated carbocycles. The topological polar surface area (TPSA) is 33.5 Å². The largest absolute Gasteiger partial charge is 0.457 e. The van der Waals surface area contributed by atoms with Gasteiger partial charge < -0.3 is 14.5 Å². The average Bonchev–Trinajstić information content (AvgIpc) is 4.17. The second-order valence-corrected chi connectivity index (χ2v) is 24.8. The van der Waals surface area contributed by atoms with Gasteiger partial charge in [-0.2, -0.15) is 0 Å². The van der Waals surface area contributed by atoms with Crippen molar-refractivity contribution in [3.8, 4) is 17.3 Å². The number of nitrogens with zero attached hydrogens (tertiary/aromatic N) is 4. The number of hydrogen-bond donors (Lipinski definition) is 0. The van der Waals surface area contributed by atoms with Gasteiger partial charge in [0.25, 0.3) is 0 Å². The van der Waals surface area contributed by atoms with Crippen LogP contribution in [0.3, 0.4) is 0 Å². The van der Waals surface area contributed by atoms with Gasteiger partial charge in [-0.05, 0) is 122 Å². The summed E-state index contributed by atoms with van der Waals surface area (Å²) < 4.78 is 9.48. The van der Waals surface area contributed by atoms with Gasteiger partial charge in [-0.15, -0.1) is 0 Å². The molecular weight excluding hydrogens is 985 g/mol. The van der Waals surface area contributed by atoms with E-state index in [4.69, 9.17) is 9.72 Å². The van der Waals surface area contributed by atoms with Gasteiger partial charge in [0.15, 0.2) is 0 Å². The molecule has 5 nitrogen and oxygen atoms in total. The molecule has 0 spiro atoms. The molecule has 0 unspecified atom stereocenters. The van der Waals surface area contributed by atoms with Crippen LogP contribution in [0, 0.1) is 11.8 Å². The van der Waals surface area contributed by atoms with Gasteiger partial charge in [0.05, 0.1) is 28.1 Å². The first-order valence-electron chi connectivity index (χ1n) is 28.9. The van der Waals surface area contributed by atoms with E-state index in [-0.39, 0.29) is 22.7 Å².